The summed E-state index contributed by atoms with van der Waals surface area (Å²) in [6.45, 7) is 1.63. The van der Waals surface area contributed by atoms with Gasteiger partial charge in [0, 0.05) is 0 Å². The van der Waals surface area contributed by atoms with Crippen LogP contribution in [0.15, 0.2) is 54.6 Å². The Balaban J connectivity index is 2.13. The number of hydrogen-bond donors (Lipinski definition) is 1. The van der Waals surface area contributed by atoms with Crippen LogP contribution in [-0.2, 0) is 4.79 Å². The second-order valence-corrected chi connectivity index (χ2v) is 4.05. The lowest BCUT2D eigenvalue weighted by molar-refractivity contribution is -0.123. The summed E-state index contributed by atoms with van der Waals surface area (Å²) in [4.78, 5) is 10.9. The molecular weight excluding hydrogens is 226 g/mol. The van der Waals surface area contributed by atoms with E-state index in [2.05, 4.69) is 0 Å². The zero-order valence-electron chi connectivity index (χ0n) is 10.2. The van der Waals surface area contributed by atoms with E-state index in [1.165, 1.54) is 0 Å². The maximum Gasteiger partial charge on any atom is 0.258 e. The molecule has 2 aromatic rings. The molecule has 0 saturated carbocycles. The monoisotopic (exact) mass is 241 g/mol. The van der Waals surface area contributed by atoms with Gasteiger partial charge in [-0.25, -0.2) is 0 Å². The summed E-state index contributed by atoms with van der Waals surface area (Å²) >= 11 is 0. The number of nitrogens with two attached hydrogens (primary N) is 1. The fourth-order valence-electron chi connectivity index (χ4n) is 1.62. The van der Waals surface area contributed by atoms with Crippen molar-refractivity contribution in [2.75, 3.05) is 0 Å². The van der Waals surface area contributed by atoms with Crippen molar-refractivity contribution >= 4 is 5.91 Å². The average molecular weight is 241 g/mol. The molecule has 3 nitrogen and oxygen atoms in total. The Kier molecular flexibility index (Phi) is 3.63. The summed E-state index contributed by atoms with van der Waals surface area (Å²) in [6.07, 6.45) is -0.618. The molecule has 0 aliphatic carbocycles. The Labute approximate surface area is 106 Å². The van der Waals surface area contributed by atoms with Gasteiger partial charge in [-0.2, -0.15) is 0 Å². The molecule has 0 fully saturated rings. The summed E-state index contributed by atoms with van der Waals surface area (Å²) in [5.74, 6) is 0.170. The molecule has 0 radical (unpaired) electrons. The normalized spacial score (nSPS) is 11.8. The first-order valence-electron chi connectivity index (χ1n) is 5.78. The molecule has 92 valence electrons. The molecule has 0 aliphatic rings. The van der Waals surface area contributed by atoms with Crippen molar-refractivity contribution in [3.05, 3.63) is 54.6 Å². The van der Waals surface area contributed by atoms with E-state index in [0.717, 1.165) is 11.1 Å². The maximum atomic E-state index is 10.9. The topological polar surface area (TPSA) is 52.3 Å². The van der Waals surface area contributed by atoms with E-state index in [9.17, 15) is 4.79 Å². The molecule has 0 heterocycles. The molecular formula is C15H15NO2. The summed E-state index contributed by atoms with van der Waals surface area (Å²) in [6, 6.07) is 17.6. The molecule has 1 amide bonds. The zero-order valence-corrected chi connectivity index (χ0v) is 10.2. The number of carbonyl (C=O) groups is 1. The minimum atomic E-state index is -0.618. The smallest absolute Gasteiger partial charge is 0.258 e. The van der Waals surface area contributed by atoms with Crippen LogP contribution in [0.4, 0.5) is 0 Å². The van der Waals surface area contributed by atoms with Crippen LogP contribution in [0.3, 0.4) is 0 Å². The lowest BCUT2D eigenvalue weighted by Crippen LogP contribution is -2.30. The van der Waals surface area contributed by atoms with Gasteiger partial charge in [-0.3, -0.25) is 4.79 Å². The van der Waals surface area contributed by atoms with E-state index < -0.39 is 12.0 Å². The molecule has 0 aliphatic heterocycles. The number of amides is 1. The molecule has 3 heteroatoms. The lowest BCUT2D eigenvalue weighted by Gasteiger charge is -2.11. The quantitative estimate of drug-likeness (QED) is 0.894. The van der Waals surface area contributed by atoms with E-state index in [-0.39, 0.29) is 0 Å². The minimum Gasteiger partial charge on any atom is -0.481 e. The average Bonchev–Trinajstić information content (AvgIpc) is 2.40. The van der Waals surface area contributed by atoms with Gasteiger partial charge in [-0.05, 0) is 30.2 Å². The second-order valence-electron chi connectivity index (χ2n) is 4.05. The van der Waals surface area contributed by atoms with E-state index in [0.29, 0.717) is 5.75 Å². The Morgan fingerprint density at radius 1 is 1.00 bits per heavy atom. The molecule has 18 heavy (non-hydrogen) atoms. The standard InChI is InChI=1S/C15H15NO2/c1-11(15(16)17)18-14-9-7-13(8-10-14)12-5-3-2-4-6-12/h2-11H,1H3,(H2,16,17)/t11-/m1/s1. The van der Waals surface area contributed by atoms with Crippen LogP contribution in [0.5, 0.6) is 5.75 Å². The third kappa shape index (κ3) is 2.88. The van der Waals surface area contributed by atoms with Gasteiger partial charge in [0.05, 0.1) is 0 Å². The van der Waals surface area contributed by atoms with Gasteiger partial charge in [0.2, 0.25) is 0 Å². The fourth-order valence-corrected chi connectivity index (χ4v) is 1.62. The van der Waals surface area contributed by atoms with E-state index in [1.54, 1.807) is 6.92 Å². The Bertz CT molecular complexity index is 520. The first kappa shape index (κ1) is 12.2. The number of rotatable bonds is 4. The lowest BCUT2D eigenvalue weighted by atomic mass is 10.1. The zero-order chi connectivity index (χ0) is 13.0. The van der Waals surface area contributed by atoms with Crippen LogP contribution in [0.2, 0.25) is 0 Å². The van der Waals surface area contributed by atoms with Crippen LogP contribution in [0.1, 0.15) is 6.92 Å². The summed E-state index contributed by atoms with van der Waals surface area (Å²) in [5.41, 5.74) is 7.39. The Hall–Kier alpha value is -2.29. The largest absolute Gasteiger partial charge is 0.481 e. The molecule has 0 bridgehead atoms. The van der Waals surface area contributed by atoms with Gasteiger partial charge >= 0.3 is 0 Å². The van der Waals surface area contributed by atoms with Gasteiger partial charge in [-0.1, -0.05) is 42.5 Å². The van der Waals surface area contributed by atoms with Crippen molar-refractivity contribution in [1.29, 1.82) is 0 Å². The number of primary amides is 1. The second kappa shape index (κ2) is 5.36. The van der Waals surface area contributed by atoms with Crippen LogP contribution >= 0.6 is 0 Å². The van der Waals surface area contributed by atoms with Crippen molar-refractivity contribution in [3.8, 4) is 16.9 Å². The van der Waals surface area contributed by atoms with Crippen LogP contribution in [0.25, 0.3) is 11.1 Å². The van der Waals surface area contributed by atoms with Crippen LogP contribution in [0, 0.1) is 0 Å². The van der Waals surface area contributed by atoms with Crippen molar-refractivity contribution in [2.45, 2.75) is 13.0 Å². The predicted octanol–water partition coefficient (Wildman–Crippen LogP) is 2.61. The number of ether oxygens (including phenoxy) is 1. The van der Waals surface area contributed by atoms with Crippen LogP contribution < -0.4 is 10.5 Å². The number of carbonyl (C=O) groups excluding carboxylic acids is 1. The van der Waals surface area contributed by atoms with Crippen LogP contribution in [-0.4, -0.2) is 12.0 Å². The number of benzene rings is 2. The molecule has 0 unspecified atom stereocenters. The number of hydrogen-bond acceptors (Lipinski definition) is 2. The fraction of sp³-hybridized carbons (Fsp3) is 0.133. The van der Waals surface area contributed by atoms with E-state index in [4.69, 9.17) is 10.5 Å². The minimum absolute atomic E-state index is 0.470. The van der Waals surface area contributed by atoms with Gasteiger partial charge < -0.3 is 10.5 Å². The molecule has 0 spiro atoms. The highest BCUT2D eigenvalue weighted by Crippen LogP contribution is 2.22. The third-order valence-corrected chi connectivity index (χ3v) is 2.67. The highest BCUT2D eigenvalue weighted by Gasteiger charge is 2.09. The highest BCUT2D eigenvalue weighted by atomic mass is 16.5. The Morgan fingerprint density at radius 3 is 2.11 bits per heavy atom. The SMILES string of the molecule is C[C@@H](Oc1ccc(-c2ccccc2)cc1)C(N)=O. The van der Waals surface area contributed by atoms with Gasteiger partial charge in [0.1, 0.15) is 5.75 Å². The molecule has 0 aromatic heterocycles. The van der Waals surface area contributed by atoms with Gasteiger partial charge in [-0.15, -0.1) is 0 Å². The first-order chi connectivity index (χ1) is 8.66. The van der Waals surface area contributed by atoms with E-state index in [1.807, 2.05) is 54.6 Å². The van der Waals surface area contributed by atoms with Gasteiger partial charge in [0.25, 0.3) is 5.91 Å². The molecule has 2 rings (SSSR count). The van der Waals surface area contributed by atoms with E-state index >= 15 is 0 Å². The highest BCUT2D eigenvalue weighted by molar-refractivity contribution is 5.78. The first-order valence-corrected chi connectivity index (χ1v) is 5.78. The summed E-state index contributed by atoms with van der Waals surface area (Å²) in [5, 5.41) is 0. The molecule has 1 atom stereocenters. The van der Waals surface area contributed by atoms with Crippen molar-refractivity contribution in [3.63, 3.8) is 0 Å². The van der Waals surface area contributed by atoms with Gasteiger partial charge in [0.15, 0.2) is 6.10 Å². The summed E-state index contributed by atoms with van der Waals surface area (Å²) in [7, 11) is 0. The maximum absolute atomic E-state index is 10.9. The van der Waals surface area contributed by atoms with Crippen molar-refractivity contribution in [2.24, 2.45) is 5.73 Å². The molecule has 0 saturated heterocycles. The molecule has 2 aromatic carbocycles. The van der Waals surface area contributed by atoms with Crippen molar-refractivity contribution in [1.82, 2.24) is 0 Å². The third-order valence-electron chi connectivity index (χ3n) is 2.67. The predicted molar refractivity (Wildman–Crippen MR) is 71.2 cm³/mol. The molecule has 2 N–H and O–H groups in total. The van der Waals surface area contributed by atoms with Crippen molar-refractivity contribution < 1.29 is 9.53 Å². The summed E-state index contributed by atoms with van der Waals surface area (Å²) < 4.78 is 5.39. The Morgan fingerprint density at radius 2 is 1.56 bits per heavy atom.